The zero-order valence-electron chi connectivity index (χ0n) is 10.7. The monoisotopic (exact) mass is 276 g/mol. The van der Waals surface area contributed by atoms with Crippen LogP contribution in [0.1, 0.15) is 25.1 Å². The Morgan fingerprint density at radius 3 is 2.79 bits per heavy atom. The number of halogens is 1. The van der Waals surface area contributed by atoms with Gasteiger partial charge in [0.2, 0.25) is 5.43 Å². The highest BCUT2D eigenvalue weighted by atomic mass is 35.5. The van der Waals surface area contributed by atoms with Crippen LogP contribution in [0.4, 0.5) is 0 Å². The normalized spacial score (nSPS) is 9.16. The van der Waals surface area contributed by atoms with Gasteiger partial charge < -0.3 is 0 Å². The first-order valence-corrected chi connectivity index (χ1v) is 6.28. The van der Waals surface area contributed by atoms with Crippen molar-refractivity contribution in [3.63, 3.8) is 0 Å². The van der Waals surface area contributed by atoms with Crippen LogP contribution >= 0.6 is 11.6 Å². The van der Waals surface area contributed by atoms with Crippen LogP contribution in [0.3, 0.4) is 0 Å². The number of nitrogens with zero attached hydrogens (tertiary/aromatic N) is 4. The molecule has 0 unspecified atom stereocenters. The number of rotatable bonds is 2. The minimum absolute atomic E-state index is 0.0467. The summed E-state index contributed by atoms with van der Waals surface area (Å²) in [7, 11) is 0. The highest BCUT2D eigenvalue weighted by molar-refractivity contribution is 6.16. The van der Waals surface area contributed by atoms with E-state index in [2.05, 4.69) is 10.1 Å². The highest BCUT2D eigenvalue weighted by Crippen LogP contribution is 2.06. The third-order valence-electron chi connectivity index (χ3n) is 2.12. The summed E-state index contributed by atoms with van der Waals surface area (Å²) >= 11 is 5.61. The Hall–Kier alpha value is -2.19. The molecule has 0 amide bonds. The fourth-order valence-electron chi connectivity index (χ4n) is 1.30. The Bertz CT molecular complexity index is 646. The van der Waals surface area contributed by atoms with Gasteiger partial charge in [0, 0.05) is 18.5 Å². The molecule has 2 aromatic heterocycles. The molecule has 98 valence electrons. The minimum atomic E-state index is -0.208. The smallest absolute Gasteiger partial charge is 0.204 e. The molecule has 2 rings (SSSR count). The van der Waals surface area contributed by atoms with E-state index in [1.54, 1.807) is 12.3 Å². The average molecular weight is 277 g/mol. The third-order valence-corrected chi connectivity index (χ3v) is 2.38. The second-order valence-corrected chi connectivity index (χ2v) is 3.52. The molecule has 0 spiro atoms. The zero-order valence-corrected chi connectivity index (χ0v) is 11.4. The van der Waals surface area contributed by atoms with E-state index in [9.17, 15) is 4.79 Å². The fourth-order valence-corrected chi connectivity index (χ4v) is 1.48. The van der Waals surface area contributed by atoms with Crippen LogP contribution in [-0.2, 0) is 5.88 Å². The van der Waals surface area contributed by atoms with E-state index >= 15 is 0 Å². The van der Waals surface area contributed by atoms with E-state index in [-0.39, 0.29) is 17.0 Å². The fraction of sp³-hybridized carbons (Fsp3) is 0.231. The van der Waals surface area contributed by atoms with Gasteiger partial charge in [-0.2, -0.15) is 10.4 Å². The van der Waals surface area contributed by atoms with E-state index in [0.29, 0.717) is 11.3 Å². The van der Waals surface area contributed by atoms with Crippen molar-refractivity contribution in [3.05, 3.63) is 52.2 Å². The summed E-state index contributed by atoms with van der Waals surface area (Å²) in [5, 5.41) is 12.8. The number of aromatic nitrogens is 3. The highest BCUT2D eigenvalue weighted by Gasteiger charge is 2.03. The lowest BCUT2D eigenvalue weighted by molar-refractivity contribution is 0.800. The second kappa shape index (κ2) is 7.29. The maximum Gasteiger partial charge on any atom is 0.204 e. The van der Waals surface area contributed by atoms with Crippen molar-refractivity contribution in [2.75, 3.05) is 0 Å². The second-order valence-electron chi connectivity index (χ2n) is 3.25. The molecule has 6 heteroatoms. The summed E-state index contributed by atoms with van der Waals surface area (Å²) in [6, 6.07) is 4.99. The van der Waals surface area contributed by atoms with Gasteiger partial charge in [0.15, 0.2) is 0 Å². The van der Waals surface area contributed by atoms with Crippen molar-refractivity contribution < 1.29 is 0 Å². The summed E-state index contributed by atoms with van der Waals surface area (Å²) in [4.78, 5) is 15.2. The van der Waals surface area contributed by atoms with Crippen LogP contribution in [0.2, 0.25) is 0 Å². The first-order valence-electron chi connectivity index (χ1n) is 5.75. The van der Waals surface area contributed by atoms with E-state index in [1.165, 1.54) is 23.1 Å². The van der Waals surface area contributed by atoms with Crippen LogP contribution in [0.5, 0.6) is 0 Å². The number of hydrogen-bond acceptors (Lipinski definition) is 4. The van der Waals surface area contributed by atoms with Crippen LogP contribution in [0.25, 0.3) is 5.69 Å². The number of alkyl halides is 1. The Morgan fingerprint density at radius 1 is 1.42 bits per heavy atom. The average Bonchev–Trinajstić information content (AvgIpc) is 2.50. The van der Waals surface area contributed by atoms with Crippen LogP contribution in [-0.4, -0.2) is 14.8 Å². The van der Waals surface area contributed by atoms with Crippen molar-refractivity contribution in [2.45, 2.75) is 19.7 Å². The standard InChI is InChI=1S/C11H7ClN4O.C2H6/c12-4-10-11(17)1-2-16(15-10)9-3-8(5-13)6-14-7-9;1-2/h1-3,6-7H,4H2;1-2H3. The summed E-state index contributed by atoms with van der Waals surface area (Å²) in [5.41, 5.74) is 1.09. The van der Waals surface area contributed by atoms with E-state index in [4.69, 9.17) is 16.9 Å². The molecule has 0 saturated carbocycles. The third kappa shape index (κ3) is 3.63. The van der Waals surface area contributed by atoms with Crippen molar-refractivity contribution >= 4 is 11.6 Å². The van der Waals surface area contributed by atoms with Crippen molar-refractivity contribution in [1.82, 2.24) is 14.8 Å². The van der Waals surface area contributed by atoms with Gasteiger partial charge in [0.05, 0.1) is 23.3 Å². The number of hydrogen-bond donors (Lipinski definition) is 0. The van der Waals surface area contributed by atoms with Crippen LogP contribution in [0, 0.1) is 11.3 Å². The lowest BCUT2D eigenvalue weighted by atomic mass is 10.3. The Kier molecular flexibility index (Phi) is 5.71. The molecular weight excluding hydrogens is 264 g/mol. The van der Waals surface area contributed by atoms with Gasteiger partial charge in [-0.1, -0.05) is 13.8 Å². The minimum Gasteiger partial charge on any atom is -0.288 e. The van der Waals surface area contributed by atoms with Gasteiger partial charge in [-0.3, -0.25) is 9.78 Å². The molecule has 2 aromatic rings. The molecular formula is C13H13ClN4O. The van der Waals surface area contributed by atoms with Crippen molar-refractivity contribution in [3.8, 4) is 11.8 Å². The maximum atomic E-state index is 11.3. The predicted molar refractivity (Wildman–Crippen MR) is 73.2 cm³/mol. The zero-order chi connectivity index (χ0) is 14.3. The Morgan fingerprint density at radius 2 is 2.16 bits per heavy atom. The van der Waals surface area contributed by atoms with Gasteiger partial charge in [0.25, 0.3) is 0 Å². The topological polar surface area (TPSA) is 71.6 Å². The molecule has 0 bridgehead atoms. The van der Waals surface area contributed by atoms with Gasteiger partial charge in [-0.15, -0.1) is 11.6 Å². The lowest BCUT2D eigenvalue weighted by Gasteiger charge is -2.05. The molecule has 0 atom stereocenters. The van der Waals surface area contributed by atoms with Gasteiger partial charge >= 0.3 is 0 Å². The molecule has 0 aliphatic heterocycles. The summed E-state index contributed by atoms with van der Waals surface area (Å²) in [6.45, 7) is 4.00. The van der Waals surface area contributed by atoms with Crippen LogP contribution < -0.4 is 5.43 Å². The van der Waals surface area contributed by atoms with E-state index < -0.39 is 0 Å². The van der Waals surface area contributed by atoms with Gasteiger partial charge in [0.1, 0.15) is 11.8 Å². The largest absolute Gasteiger partial charge is 0.288 e. The first-order chi connectivity index (χ1) is 9.24. The molecule has 0 radical (unpaired) electrons. The van der Waals surface area contributed by atoms with E-state index in [1.807, 2.05) is 19.9 Å². The SMILES string of the molecule is CC.N#Cc1cncc(-n2ccc(=O)c(CCl)n2)c1. The quantitative estimate of drug-likeness (QED) is 0.789. The molecule has 0 aliphatic carbocycles. The molecule has 0 fully saturated rings. The number of pyridine rings is 1. The predicted octanol–water partition coefficient (Wildman–Crippen LogP) is 2.26. The van der Waals surface area contributed by atoms with Crippen LogP contribution in [0.15, 0.2) is 35.5 Å². The molecule has 0 saturated heterocycles. The molecule has 0 N–H and O–H groups in total. The van der Waals surface area contributed by atoms with E-state index in [0.717, 1.165) is 0 Å². The Labute approximate surface area is 116 Å². The molecule has 0 aliphatic rings. The maximum absolute atomic E-state index is 11.3. The molecule has 19 heavy (non-hydrogen) atoms. The molecule has 2 heterocycles. The van der Waals surface area contributed by atoms with Gasteiger partial charge in [-0.05, 0) is 6.07 Å². The van der Waals surface area contributed by atoms with Gasteiger partial charge in [-0.25, -0.2) is 4.68 Å². The summed E-state index contributed by atoms with van der Waals surface area (Å²) in [6.07, 6.45) is 4.52. The lowest BCUT2D eigenvalue weighted by Crippen LogP contribution is -2.14. The first kappa shape index (κ1) is 14.9. The Balaban J connectivity index is 0.000000861. The molecule has 0 aromatic carbocycles. The summed E-state index contributed by atoms with van der Waals surface area (Å²) in [5.74, 6) is 0.0467. The van der Waals surface area contributed by atoms with Crippen molar-refractivity contribution in [1.29, 1.82) is 5.26 Å². The van der Waals surface area contributed by atoms with Crippen molar-refractivity contribution in [2.24, 2.45) is 0 Å². The number of nitriles is 1. The molecule has 5 nitrogen and oxygen atoms in total. The summed E-state index contributed by atoms with van der Waals surface area (Å²) < 4.78 is 1.47.